The van der Waals surface area contributed by atoms with Crippen LogP contribution < -0.4 is 9.47 Å². The summed E-state index contributed by atoms with van der Waals surface area (Å²) in [7, 11) is 3.26. The Labute approximate surface area is 232 Å². The van der Waals surface area contributed by atoms with Crippen molar-refractivity contribution in [3.8, 4) is 11.5 Å². The molecule has 38 heavy (non-hydrogen) atoms. The van der Waals surface area contributed by atoms with Gasteiger partial charge in [0.15, 0.2) is 6.61 Å². The van der Waals surface area contributed by atoms with Gasteiger partial charge in [0.25, 0.3) is 5.91 Å². The van der Waals surface area contributed by atoms with Gasteiger partial charge in [0, 0.05) is 12.3 Å². The summed E-state index contributed by atoms with van der Waals surface area (Å²) in [5.41, 5.74) is 2.95. The first-order chi connectivity index (χ1) is 18.2. The van der Waals surface area contributed by atoms with Gasteiger partial charge in [-0.25, -0.2) is 5.01 Å². The number of halogens is 2. The van der Waals surface area contributed by atoms with Gasteiger partial charge in [0.05, 0.1) is 26.0 Å². The molecule has 2 aromatic carbocycles. The molecule has 2 aliphatic carbocycles. The molecule has 3 atom stereocenters. The standard InChI is InChI=1S/C29H30Cl2N2O5/c1-28(17-29(28,30)31)27(35)38-16-24(34)33-26(19-9-13-22(37-3)14-10-19)23-6-4-5-20(25(23)32-33)15-18-7-11-21(36-2)12-8-18/h7-15,23,26H,4-6,16-17H2,1-3H3/b20-15+. The monoisotopic (exact) mass is 556 g/mol. The van der Waals surface area contributed by atoms with Crippen molar-refractivity contribution in [2.45, 2.75) is 43.0 Å². The largest absolute Gasteiger partial charge is 0.497 e. The highest BCUT2D eigenvalue weighted by molar-refractivity contribution is 6.53. The number of ether oxygens (including phenoxy) is 3. The van der Waals surface area contributed by atoms with Gasteiger partial charge in [0.2, 0.25) is 0 Å². The Morgan fingerprint density at radius 2 is 1.66 bits per heavy atom. The van der Waals surface area contributed by atoms with Crippen molar-refractivity contribution < 1.29 is 23.8 Å². The van der Waals surface area contributed by atoms with Crippen LogP contribution >= 0.6 is 23.2 Å². The minimum Gasteiger partial charge on any atom is -0.497 e. The second kappa shape index (κ2) is 10.3. The lowest BCUT2D eigenvalue weighted by atomic mass is 9.77. The van der Waals surface area contributed by atoms with Crippen LogP contribution in [0.4, 0.5) is 0 Å². The molecule has 1 aliphatic heterocycles. The van der Waals surface area contributed by atoms with Crippen molar-refractivity contribution in [1.82, 2.24) is 5.01 Å². The van der Waals surface area contributed by atoms with E-state index in [9.17, 15) is 9.59 Å². The summed E-state index contributed by atoms with van der Waals surface area (Å²) in [6.45, 7) is 1.20. The molecule has 3 unspecified atom stereocenters. The van der Waals surface area contributed by atoms with Crippen LogP contribution in [0.25, 0.3) is 6.08 Å². The van der Waals surface area contributed by atoms with Gasteiger partial charge in [-0.05, 0) is 73.2 Å². The first-order valence-electron chi connectivity index (χ1n) is 12.6. The molecule has 2 aromatic rings. The number of rotatable bonds is 7. The van der Waals surface area contributed by atoms with Gasteiger partial charge < -0.3 is 14.2 Å². The molecule has 2 saturated carbocycles. The molecular weight excluding hydrogens is 527 g/mol. The molecule has 200 valence electrons. The number of carbonyl (C=O) groups is 2. The van der Waals surface area contributed by atoms with E-state index in [4.69, 9.17) is 42.5 Å². The number of hydrazone groups is 1. The molecule has 9 heteroatoms. The Kier molecular flexibility index (Phi) is 7.18. The topological polar surface area (TPSA) is 77.4 Å². The lowest BCUT2D eigenvalue weighted by molar-refractivity contribution is -0.157. The Hall–Kier alpha value is -3.03. The number of alkyl halides is 2. The number of hydrogen-bond acceptors (Lipinski definition) is 6. The smallest absolute Gasteiger partial charge is 0.315 e. The Morgan fingerprint density at radius 3 is 2.24 bits per heavy atom. The Bertz CT molecular complexity index is 1290. The van der Waals surface area contributed by atoms with Crippen LogP contribution in [0, 0.1) is 11.3 Å². The number of benzene rings is 2. The molecule has 1 heterocycles. The van der Waals surface area contributed by atoms with Crippen molar-refractivity contribution in [2.24, 2.45) is 16.4 Å². The average molecular weight is 557 g/mol. The van der Waals surface area contributed by atoms with Crippen LogP contribution in [0.1, 0.15) is 49.8 Å². The van der Waals surface area contributed by atoms with Crippen LogP contribution in [0.2, 0.25) is 0 Å². The minimum atomic E-state index is -1.16. The summed E-state index contributed by atoms with van der Waals surface area (Å²) in [6, 6.07) is 15.2. The number of fused-ring (bicyclic) bond motifs is 1. The second-order valence-corrected chi connectivity index (χ2v) is 11.7. The molecule has 1 amide bonds. The maximum absolute atomic E-state index is 13.5. The van der Waals surface area contributed by atoms with E-state index in [0.29, 0.717) is 0 Å². The molecular formula is C29H30Cl2N2O5. The summed E-state index contributed by atoms with van der Waals surface area (Å²) >= 11 is 12.2. The summed E-state index contributed by atoms with van der Waals surface area (Å²) in [4.78, 5) is 26.1. The highest BCUT2D eigenvalue weighted by Gasteiger charge is 2.69. The van der Waals surface area contributed by atoms with Crippen molar-refractivity contribution in [1.29, 1.82) is 0 Å². The maximum atomic E-state index is 13.5. The average Bonchev–Trinajstić information content (AvgIpc) is 3.25. The third kappa shape index (κ3) is 4.90. The SMILES string of the molecule is COc1ccc(/C=C2\CCCC3C2=NN(C(=O)COC(=O)C2(C)CC2(Cl)Cl)C3c2ccc(OC)cc2)cc1. The molecule has 0 bridgehead atoms. The first kappa shape index (κ1) is 26.6. The Balaban J connectivity index is 1.43. The van der Waals surface area contributed by atoms with Crippen LogP contribution in [0.3, 0.4) is 0 Å². The molecule has 7 nitrogen and oxygen atoms in total. The number of carbonyl (C=O) groups excluding carboxylic acids is 2. The third-order valence-electron chi connectivity index (χ3n) is 7.71. The normalized spacial score (nSPS) is 26.4. The first-order valence-corrected chi connectivity index (χ1v) is 13.4. The fourth-order valence-electron chi connectivity index (χ4n) is 5.22. The van der Waals surface area contributed by atoms with Gasteiger partial charge in [-0.1, -0.05) is 24.3 Å². The number of amides is 1. The molecule has 0 spiro atoms. The highest BCUT2D eigenvalue weighted by Crippen LogP contribution is 2.64. The van der Waals surface area contributed by atoms with Gasteiger partial charge in [-0.3, -0.25) is 9.59 Å². The van der Waals surface area contributed by atoms with Gasteiger partial charge in [-0.15, -0.1) is 23.2 Å². The van der Waals surface area contributed by atoms with Gasteiger partial charge in [0.1, 0.15) is 21.2 Å². The van der Waals surface area contributed by atoms with E-state index in [1.54, 1.807) is 21.1 Å². The van der Waals surface area contributed by atoms with E-state index < -0.39 is 28.2 Å². The number of esters is 1. The zero-order valence-electron chi connectivity index (χ0n) is 21.6. The molecule has 3 aliphatic rings. The number of nitrogens with zero attached hydrogens (tertiary/aromatic N) is 2. The molecule has 0 N–H and O–H groups in total. The summed E-state index contributed by atoms with van der Waals surface area (Å²) in [6.07, 6.45) is 5.13. The second-order valence-electron chi connectivity index (χ2n) is 10.2. The van der Waals surface area contributed by atoms with Crippen molar-refractivity contribution in [3.05, 3.63) is 65.2 Å². The molecule has 2 fully saturated rings. The highest BCUT2D eigenvalue weighted by atomic mass is 35.5. The van der Waals surface area contributed by atoms with E-state index in [2.05, 4.69) is 6.08 Å². The van der Waals surface area contributed by atoms with Gasteiger partial charge >= 0.3 is 5.97 Å². The molecule has 5 rings (SSSR count). The molecule has 0 aromatic heterocycles. The fraction of sp³-hybridized carbons (Fsp3) is 0.414. The van der Waals surface area contributed by atoms with Crippen molar-refractivity contribution >= 4 is 46.9 Å². The van der Waals surface area contributed by atoms with E-state index >= 15 is 0 Å². The number of allylic oxidation sites excluding steroid dienone is 1. The predicted molar refractivity (Wildman–Crippen MR) is 146 cm³/mol. The van der Waals surface area contributed by atoms with E-state index in [0.717, 1.165) is 53.2 Å². The van der Waals surface area contributed by atoms with E-state index in [1.807, 2.05) is 48.5 Å². The van der Waals surface area contributed by atoms with Crippen LogP contribution in [-0.2, 0) is 14.3 Å². The summed E-state index contributed by atoms with van der Waals surface area (Å²) in [5, 5.41) is 6.32. The predicted octanol–water partition coefficient (Wildman–Crippen LogP) is 5.95. The summed E-state index contributed by atoms with van der Waals surface area (Å²) in [5.74, 6) is 0.552. The van der Waals surface area contributed by atoms with E-state index in [1.165, 1.54) is 5.01 Å². The minimum absolute atomic E-state index is 0.0144. The van der Waals surface area contributed by atoms with Crippen LogP contribution in [0.5, 0.6) is 11.5 Å². The van der Waals surface area contributed by atoms with E-state index in [-0.39, 0.29) is 18.4 Å². The molecule has 0 saturated heterocycles. The van der Waals surface area contributed by atoms with Crippen LogP contribution in [-0.4, -0.2) is 47.8 Å². The zero-order chi connectivity index (χ0) is 27.1. The van der Waals surface area contributed by atoms with Gasteiger partial charge in [-0.2, -0.15) is 5.10 Å². The number of methoxy groups -OCH3 is 2. The van der Waals surface area contributed by atoms with Crippen molar-refractivity contribution in [3.63, 3.8) is 0 Å². The third-order valence-corrected chi connectivity index (χ3v) is 8.81. The summed E-state index contributed by atoms with van der Waals surface area (Å²) < 4.78 is 14.8. The lowest BCUT2D eigenvalue weighted by Crippen LogP contribution is -2.35. The van der Waals surface area contributed by atoms with Crippen molar-refractivity contribution in [2.75, 3.05) is 20.8 Å². The Morgan fingerprint density at radius 1 is 1.05 bits per heavy atom. The van der Waals surface area contributed by atoms with Crippen LogP contribution in [0.15, 0.2) is 59.2 Å². The number of hydrogen-bond donors (Lipinski definition) is 0. The zero-order valence-corrected chi connectivity index (χ0v) is 23.1. The molecule has 0 radical (unpaired) electrons. The maximum Gasteiger partial charge on any atom is 0.315 e. The lowest BCUT2D eigenvalue weighted by Gasteiger charge is -2.29. The fourth-order valence-corrected chi connectivity index (χ4v) is 5.91. The quantitative estimate of drug-likeness (QED) is 0.311.